The molecule has 102 valence electrons. The van der Waals surface area contributed by atoms with Crippen molar-refractivity contribution < 1.29 is 9.18 Å². The minimum absolute atomic E-state index is 0.242. The normalized spacial score (nSPS) is 9.85. The van der Waals surface area contributed by atoms with E-state index in [0.29, 0.717) is 12.2 Å². The molecule has 0 aliphatic heterocycles. The molecule has 5 nitrogen and oxygen atoms in total. The minimum Gasteiger partial charge on any atom is -0.347 e. The van der Waals surface area contributed by atoms with Gasteiger partial charge in [-0.25, -0.2) is 14.4 Å². The van der Waals surface area contributed by atoms with Crippen LogP contribution in [-0.2, 0) is 0 Å². The number of carbonyl (C=O) groups is 1. The van der Waals surface area contributed by atoms with E-state index in [2.05, 4.69) is 27.2 Å². The molecule has 1 heterocycles. The van der Waals surface area contributed by atoms with Crippen LogP contribution in [0, 0.1) is 5.82 Å². The third kappa shape index (κ3) is 3.61. The average molecular weight is 272 g/mol. The van der Waals surface area contributed by atoms with Crippen LogP contribution in [0.15, 0.2) is 49.2 Å². The maximum Gasteiger partial charge on any atom is 0.270 e. The summed E-state index contributed by atoms with van der Waals surface area (Å²) in [5.74, 6) is -0.369. The van der Waals surface area contributed by atoms with Gasteiger partial charge in [-0.2, -0.15) is 0 Å². The molecule has 0 atom stereocenters. The molecule has 0 spiro atoms. The van der Waals surface area contributed by atoms with E-state index in [1.165, 1.54) is 24.4 Å². The first-order valence-electron chi connectivity index (χ1n) is 5.94. The molecule has 0 radical (unpaired) electrons. The smallest absolute Gasteiger partial charge is 0.270 e. The summed E-state index contributed by atoms with van der Waals surface area (Å²) in [4.78, 5) is 19.8. The first-order valence-corrected chi connectivity index (χ1v) is 5.94. The fourth-order valence-corrected chi connectivity index (χ4v) is 1.46. The monoisotopic (exact) mass is 272 g/mol. The van der Waals surface area contributed by atoms with Gasteiger partial charge in [-0.1, -0.05) is 6.08 Å². The van der Waals surface area contributed by atoms with Crippen LogP contribution in [0.2, 0.25) is 0 Å². The quantitative estimate of drug-likeness (QED) is 0.819. The zero-order valence-electron chi connectivity index (χ0n) is 10.6. The SMILES string of the molecule is C=CCNC(=O)c1ccnc(Nc2ccc(F)cc2)n1. The molecule has 0 saturated carbocycles. The van der Waals surface area contributed by atoms with Gasteiger partial charge in [-0.05, 0) is 30.3 Å². The highest BCUT2D eigenvalue weighted by atomic mass is 19.1. The molecule has 6 heteroatoms. The third-order valence-corrected chi connectivity index (χ3v) is 2.40. The molecule has 0 aliphatic carbocycles. The highest BCUT2D eigenvalue weighted by Crippen LogP contribution is 2.13. The lowest BCUT2D eigenvalue weighted by molar-refractivity contribution is 0.0953. The topological polar surface area (TPSA) is 66.9 Å². The Morgan fingerprint density at radius 1 is 1.30 bits per heavy atom. The van der Waals surface area contributed by atoms with Crippen LogP contribution in [0.3, 0.4) is 0 Å². The maximum absolute atomic E-state index is 12.8. The number of anilines is 2. The van der Waals surface area contributed by atoms with E-state index in [9.17, 15) is 9.18 Å². The molecule has 0 fully saturated rings. The van der Waals surface area contributed by atoms with Gasteiger partial charge in [0.25, 0.3) is 5.91 Å². The number of rotatable bonds is 5. The van der Waals surface area contributed by atoms with Crippen molar-refractivity contribution in [3.63, 3.8) is 0 Å². The van der Waals surface area contributed by atoms with E-state index < -0.39 is 0 Å². The van der Waals surface area contributed by atoms with E-state index in [0.717, 1.165) is 0 Å². The van der Waals surface area contributed by atoms with Crippen LogP contribution in [0.5, 0.6) is 0 Å². The number of hydrogen-bond donors (Lipinski definition) is 2. The molecule has 0 unspecified atom stereocenters. The van der Waals surface area contributed by atoms with Crippen molar-refractivity contribution >= 4 is 17.5 Å². The molecule has 2 rings (SSSR count). The molecule has 1 aromatic heterocycles. The average Bonchev–Trinajstić information content (AvgIpc) is 2.47. The number of benzene rings is 1. The number of carbonyl (C=O) groups excluding carboxylic acids is 1. The van der Waals surface area contributed by atoms with Gasteiger partial charge >= 0.3 is 0 Å². The molecular weight excluding hydrogens is 259 g/mol. The van der Waals surface area contributed by atoms with Crippen molar-refractivity contribution in [2.75, 3.05) is 11.9 Å². The number of nitrogens with one attached hydrogen (secondary N) is 2. The van der Waals surface area contributed by atoms with Crippen molar-refractivity contribution in [3.8, 4) is 0 Å². The van der Waals surface area contributed by atoms with E-state index in [1.54, 1.807) is 18.2 Å². The first-order chi connectivity index (χ1) is 9.69. The lowest BCUT2D eigenvalue weighted by Crippen LogP contribution is -2.24. The zero-order valence-corrected chi connectivity index (χ0v) is 10.6. The Balaban J connectivity index is 2.11. The number of amides is 1. The Bertz CT molecular complexity index is 613. The molecule has 0 saturated heterocycles. The van der Waals surface area contributed by atoms with E-state index in [1.807, 2.05) is 0 Å². The highest BCUT2D eigenvalue weighted by molar-refractivity contribution is 5.92. The zero-order chi connectivity index (χ0) is 14.4. The summed E-state index contributed by atoms with van der Waals surface area (Å²) in [6.07, 6.45) is 3.05. The molecule has 0 bridgehead atoms. The lowest BCUT2D eigenvalue weighted by atomic mass is 10.3. The molecule has 1 amide bonds. The third-order valence-electron chi connectivity index (χ3n) is 2.40. The molecule has 20 heavy (non-hydrogen) atoms. The molecule has 2 aromatic rings. The van der Waals surface area contributed by atoms with E-state index in [4.69, 9.17) is 0 Å². The number of halogens is 1. The van der Waals surface area contributed by atoms with Gasteiger partial charge in [0.05, 0.1) is 0 Å². The van der Waals surface area contributed by atoms with Crippen LogP contribution in [0.4, 0.5) is 16.0 Å². The fraction of sp³-hybridized carbons (Fsp3) is 0.0714. The van der Waals surface area contributed by atoms with Crippen LogP contribution >= 0.6 is 0 Å². The van der Waals surface area contributed by atoms with Gasteiger partial charge in [0.1, 0.15) is 11.5 Å². The Morgan fingerprint density at radius 3 is 2.75 bits per heavy atom. The van der Waals surface area contributed by atoms with Crippen molar-refractivity contribution in [1.82, 2.24) is 15.3 Å². The standard InChI is InChI=1S/C14H13FN4O/c1-2-8-16-13(20)12-7-9-17-14(19-12)18-11-5-3-10(15)4-6-11/h2-7,9H,1,8H2,(H,16,20)(H,17,18,19). The van der Waals surface area contributed by atoms with Crippen molar-refractivity contribution in [1.29, 1.82) is 0 Å². The van der Waals surface area contributed by atoms with Crippen LogP contribution in [0.1, 0.15) is 10.5 Å². The predicted molar refractivity (Wildman–Crippen MR) is 74.2 cm³/mol. The fourth-order valence-electron chi connectivity index (χ4n) is 1.46. The molecule has 2 N–H and O–H groups in total. The Kier molecular flexibility index (Phi) is 4.39. The Labute approximate surface area is 115 Å². The summed E-state index contributed by atoms with van der Waals surface area (Å²) in [6, 6.07) is 7.27. The summed E-state index contributed by atoms with van der Waals surface area (Å²) in [5, 5.41) is 5.52. The second-order valence-electron chi connectivity index (χ2n) is 3.90. The summed E-state index contributed by atoms with van der Waals surface area (Å²) >= 11 is 0. The first kappa shape index (κ1) is 13.7. The Morgan fingerprint density at radius 2 is 2.05 bits per heavy atom. The maximum atomic E-state index is 12.8. The van der Waals surface area contributed by atoms with E-state index in [-0.39, 0.29) is 23.4 Å². The van der Waals surface area contributed by atoms with Crippen LogP contribution < -0.4 is 10.6 Å². The summed E-state index contributed by atoms with van der Waals surface area (Å²) in [6.45, 7) is 3.88. The van der Waals surface area contributed by atoms with E-state index >= 15 is 0 Å². The van der Waals surface area contributed by atoms with Crippen LogP contribution in [0.25, 0.3) is 0 Å². The second kappa shape index (κ2) is 6.42. The number of nitrogens with zero attached hydrogens (tertiary/aromatic N) is 2. The van der Waals surface area contributed by atoms with Crippen LogP contribution in [-0.4, -0.2) is 22.4 Å². The van der Waals surface area contributed by atoms with Crippen molar-refractivity contribution in [2.24, 2.45) is 0 Å². The van der Waals surface area contributed by atoms with Gasteiger partial charge in [0, 0.05) is 18.4 Å². The summed E-state index contributed by atoms with van der Waals surface area (Å²) in [7, 11) is 0. The number of aromatic nitrogens is 2. The van der Waals surface area contributed by atoms with Crippen molar-refractivity contribution in [3.05, 3.63) is 60.7 Å². The lowest BCUT2D eigenvalue weighted by Gasteiger charge is -2.06. The minimum atomic E-state index is -0.325. The predicted octanol–water partition coefficient (Wildman–Crippen LogP) is 2.28. The molecule has 1 aromatic carbocycles. The molecular formula is C14H13FN4O. The van der Waals surface area contributed by atoms with Gasteiger partial charge in [-0.3, -0.25) is 4.79 Å². The number of hydrogen-bond acceptors (Lipinski definition) is 4. The summed E-state index contributed by atoms with van der Waals surface area (Å²) < 4.78 is 12.8. The van der Waals surface area contributed by atoms with Crippen molar-refractivity contribution in [2.45, 2.75) is 0 Å². The molecule has 0 aliphatic rings. The second-order valence-corrected chi connectivity index (χ2v) is 3.90. The Hall–Kier alpha value is -2.76. The highest BCUT2D eigenvalue weighted by Gasteiger charge is 2.07. The van der Waals surface area contributed by atoms with Gasteiger partial charge in [-0.15, -0.1) is 6.58 Å². The van der Waals surface area contributed by atoms with Gasteiger partial charge in [0.15, 0.2) is 0 Å². The van der Waals surface area contributed by atoms with Gasteiger partial charge in [0.2, 0.25) is 5.95 Å². The van der Waals surface area contributed by atoms with Gasteiger partial charge < -0.3 is 10.6 Å². The summed E-state index contributed by atoms with van der Waals surface area (Å²) in [5.41, 5.74) is 0.876. The largest absolute Gasteiger partial charge is 0.347 e.